The fraction of sp³-hybridized carbons (Fsp3) is 0.429. The van der Waals surface area contributed by atoms with E-state index in [4.69, 9.17) is 4.74 Å². The number of para-hydroxylation sites is 1. The molecule has 0 unspecified atom stereocenters. The lowest BCUT2D eigenvalue weighted by molar-refractivity contribution is -0.388. The normalized spacial score (nSPS) is 20.0. The number of carbonyl (C=O) groups is 1. The van der Waals surface area contributed by atoms with Crippen molar-refractivity contribution < 1.29 is 27.6 Å². The standard InChI is InChI=1S/C28H30F3N5O4/c29-28(30,31)23-17-20(7-10-26(23)36(38)39)33-19-5-8-21(9-6-19)40-18-27(37)35-15-13-34(14-16-35)25-11-12-32-24-4-2-1-3-22(24)25/h1-4,7,10-12,17,19,21,33H,5-6,8-9,13-16,18H2/t19-,21-. The van der Waals surface area contributed by atoms with E-state index in [1.807, 2.05) is 29.2 Å². The first-order chi connectivity index (χ1) is 19.2. The molecule has 2 fully saturated rings. The summed E-state index contributed by atoms with van der Waals surface area (Å²) in [6, 6.07) is 12.9. The second kappa shape index (κ2) is 11.7. The minimum atomic E-state index is -4.82. The number of ether oxygens (including phenoxy) is 1. The van der Waals surface area contributed by atoms with Gasteiger partial charge < -0.3 is 19.9 Å². The molecule has 1 saturated heterocycles. The van der Waals surface area contributed by atoms with E-state index in [1.54, 1.807) is 6.20 Å². The quantitative estimate of drug-likeness (QED) is 0.313. The topological polar surface area (TPSA) is 101 Å². The van der Waals surface area contributed by atoms with Gasteiger partial charge in [-0.15, -0.1) is 0 Å². The Bertz CT molecular complexity index is 1360. The third kappa shape index (κ3) is 6.27. The summed E-state index contributed by atoms with van der Waals surface area (Å²) in [7, 11) is 0. The lowest BCUT2D eigenvalue weighted by Crippen LogP contribution is -2.50. The number of nitro benzene ring substituents is 1. The van der Waals surface area contributed by atoms with Crippen LogP contribution in [0.3, 0.4) is 0 Å². The summed E-state index contributed by atoms with van der Waals surface area (Å²) in [6.07, 6.45) is -0.503. The maximum atomic E-state index is 13.3. The van der Waals surface area contributed by atoms with Crippen LogP contribution in [0.25, 0.3) is 10.9 Å². The molecule has 5 rings (SSSR count). The Morgan fingerprint density at radius 2 is 1.77 bits per heavy atom. The fourth-order valence-corrected chi connectivity index (χ4v) is 5.46. The number of carbonyl (C=O) groups excluding carboxylic acids is 1. The van der Waals surface area contributed by atoms with Gasteiger partial charge in [0.15, 0.2) is 0 Å². The van der Waals surface area contributed by atoms with Crippen LogP contribution in [0.15, 0.2) is 54.7 Å². The lowest BCUT2D eigenvalue weighted by atomic mass is 9.92. The monoisotopic (exact) mass is 557 g/mol. The zero-order valence-electron chi connectivity index (χ0n) is 21.8. The van der Waals surface area contributed by atoms with Crippen LogP contribution in [-0.2, 0) is 15.7 Å². The Hall–Kier alpha value is -3.93. The van der Waals surface area contributed by atoms with Gasteiger partial charge in [-0.2, -0.15) is 13.2 Å². The van der Waals surface area contributed by atoms with Gasteiger partial charge in [0.25, 0.3) is 5.69 Å². The van der Waals surface area contributed by atoms with Crippen molar-refractivity contribution in [1.82, 2.24) is 9.88 Å². The Kier molecular flexibility index (Phi) is 8.06. The number of hydrogen-bond acceptors (Lipinski definition) is 7. The average Bonchev–Trinajstić information content (AvgIpc) is 2.96. The van der Waals surface area contributed by atoms with Crippen LogP contribution in [0.2, 0.25) is 0 Å². The molecule has 0 spiro atoms. The first-order valence-electron chi connectivity index (χ1n) is 13.3. The van der Waals surface area contributed by atoms with Gasteiger partial charge >= 0.3 is 6.18 Å². The minimum Gasteiger partial charge on any atom is -0.382 e. The molecule has 1 aliphatic carbocycles. The molecule has 1 aromatic heterocycles. The maximum absolute atomic E-state index is 13.3. The number of benzene rings is 2. The van der Waals surface area contributed by atoms with Gasteiger partial charge in [-0.3, -0.25) is 19.9 Å². The SMILES string of the molecule is O=C(CO[C@H]1CC[C@H](Nc2ccc([N+](=O)[O-])c(C(F)(F)F)c2)CC1)N1CCN(c2ccnc3ccccc23)CC1. The highest BCUT2D eigenvalue weighted by molar-refractivity contribution is 5.91. The van der Waals surface area contributed by atoms with Crippen LogP contribution in [0.4, 0.5) is 30.2 Å². The van der Waals surface area contributed by atoms with Crippen molar-refractivity contribution in [2.75, 3.05) is 43.0 Å². The van der Waals surface area contributed by atoms with Gasteiger partial charge in [0, 0.05) is 61.2 Å². The van der Waals surface area contributed by atoms with Crippen molar-refractivity contribution in [2.24, 2.45) is 0 Å². The van der Waals surface area contributed by atoms with Crippen molar-refractivity contribution in [2.45, 2.75) is 44.0 Å². The van der Waals surface area contributed by atoms with Crippen LogP contribution in [0, 0.1) is 10.1 Å². The van der Waals surface area contributed by atoms with Crippen molar-refractivity contribution in [3.63, 3.8) is 0 Å². The number of aromatic nitrogens is 1. The molecule has 212 valence electrons. The van der Waals surface area contributed by atoms with Crippen molar-refractivity contribution in [3.8, 4) is 0 Å². The smallest absolute Gasteiger partial charge is 0.382 e. The van der Waals surface area contributed by atoms with Gasteiger partial charge in [0.2, 0.25) is 5.91 Å². The number of amides is 1. The number of fused-ring (bicyclic) bond motifs is 1. The molecule has 2 aliphatic rings. The van der Waals surface area contributed by atoms with Gasteiger partial charge in [-0.1, -0.05) is 18.2 Å². The maximum Gasteiger partial charge on any atom is 0.423 e. The summed E-state index contributed by atoms with van der Waals surface area (Å²) in [4.78, 5) is 31.3. The van der Waals surface area contributed by atoms with E-state index >= 15 is 0 Å². The molecule has 1 saturated carbocycles. The highest BCUT2D eigenvalue weighted by atomic mass is 19.4. The molecule has 2 aromatic carbocycles. The Morgan fingerprint density at radius 3 is 2.48 bits per heavy atom. The molecule has 3 aromatic rings. The van der Waals surface area contributed by atoms with E-state index in [2.05, 4.69) is 21.3 Å². The number of anilines is 2. The van der Waals surface area contributed by atoms with Crippen LogP contribution in [0.1, 0.15) is 31.2 Å². The van der Waals surface area contributed by atoms with Crippen LogP contribution >= 0.6 is 0 Å². The van der Waals surface area contributed by atoms with Crippen LogP contribution in [-0.4, -0.2) is 65.6 Å². The lowest BCUT2D eigenvalue weighted by Gasteiger charge is -2.37. The fourth-order valence-electron chi connectivity index (χ4n) is 5.46. The predicted octanol–water partition coefficient (Wildman–Crippen LogP) is 5.25. The van der Waals surface area contributed by atoms with Gasteiger partial charge in [-0.25, -0.2) is 0 Å². The molecule has 0 bridgehead atoms. The summed E-state index contributed by atoms with van der Waals surface area (Å²) >= 11 is 0. The molecule has 1 aliphatic heterocycles. The summed E-state index contributed by atoms with van der Waals surface area (Å²) in [5, 5.41) is 15.1. The number of halogens is 3. The second-order valence-corrected chi connectivity index (χ2v) is 10.1. The molecular weight excluding hydrogens is 527 g/mol. The third-order valence-electron chi connectivity index (χ3n) is 7.59. The van der Waals surface area contributed by atoms with E-state index < -0.39 is 22.4 Å². The molecule has 2 heterocycles. The summed E-state index contributed by atoms with van der Waals surface area (Å²) in [5.74, 6) is -0.0509. The number of nitro groups is 1. The van der Waals surface area contributed by atoms with Crippen molar-refractivity contribution in [3.05, 3.63) is 70.4 Å². The molecule has 0 atom stereocenters. The summed E-state index contributed by atoms with van der Waals surface area (Å²) in [6.45, 7) is 2.64. The van der Waals surface area contributed by atoms with E-state index in [0.717, 1.165) is 41.8 Å². The van der Waals surface area contributed by atoms with Crippen molar-refractivity contribution in [1.29, 1.82) is 0 Å². The molecule has 40 heavy (non-hydrogen) atoms. The minimum absolute atomic E-state index is 0.00174. The first kappa shape index (κ1) is 27.6. The van der Waals surface area contributed by atoms with E-state index in [-0.39, 0.29) is 30.3 Å². The molecule has 1 amide bonds. The number of rotatable bonds is 7. The zero-order chi connectivity index (χ0) is 28.3. The second-order valence-electron chi connectivity index (χ2n) is 10.1. The van der Waals surface area contributed by atoms with E-state index in [9.17, 15) is 28.1 Å². The first-order valence-corrected chi connectivity index (χ1v) is 13.3. The third-order valence-corrected chi connectivity index (χ3v) is 7.59. The van der Waals surface area contributed by atoms with Gasteiger partial charge in [0.05, 0.1) is 16.5 Å². The molecule has 1 N–H and O–H groups in total. The number of nitrogens with zero attached hydrogens (tertiary/aromatic N) is 4. The molecular formula is C28H30F3N5O4. The van der Waals surface area contributed by atoms with E-state index in [1.165, 1.54) is 6.07 Å². The van der Waals surface area contributed by atoms with Crippen LogP contribution in [0.5, 0.6) is 0 Å². The largest absolute Gasteiger partial charge is 0.423 e. The molecule has 9 nitrogen and oxygen atoms in total. The van der Waals surface area contributed by atoms with Crippen LogP contribution < -0.4 is 10.2 Å². The highest BCUT2D eigenvalue weighted by Crippen LogP contribution is 2.38. The number of alkyl halides is 3. The molecule has 12 heteroatoms. The Labute approximate surface area is 229 Å². The summed E-state index contributed by atoms with van der Waals surface area (Å²) in [5.41, 5.74) is 0.00905. The van der Waals surface area contributed by atoms with Crippen molar-refractivity contribution >= 4 is 33.9 Å². The predicted molar refractivity (Wildman–Crippen MR) is 144 cm³/mol. The number of hydrogen-bond donors (Lipinski definition) is 1. The number of nitrogens with one attached hydrogen (secondary N) is 1. The summed E-state index contributed by atoms with van der Waals surface area (Å²) < 4.78 is 45.7. The Balaban J connectivity index is 1.07. The number of pyridine rings is 1. The van der Waals surface area contributed by atoms with Gasteiger partial charge in [-0.05, 0) is 49.9 Å². The zero-order valence-corrected chi connectivity index (χ0v) is 21.8. The average molecular weight is 558 g/mol. The van der Waals surface area contributed by atoms with E-state index in [0.29, 0.717) is 38.8 Å². The van der Waals surface area contributed by atoms with Gasteiger partial charge in [0.1, 0.15) is 12.2 Å². The number of piperazine rings is 1. The highest BCUT2D eigenvalue weighted by Gasteiger charge is 2.38. The Morgan fingerprint density at radius 1 is 1.05 bits per heavy atom. The molecule has 0 radical (unpaired) electrons.